The summed E-state index contributed by atoms with van der Waals surface area (Å²) in [6, 6.07) is 0. The standard InChI is InChI=1S/C9H20O4S/c1-4-13-8(2)9(10)6-5-7-14(3,11)12/h8-10H,4-7H2,1-3H3. The average molecular weight is 224 g/mol. The molecule has 0 bridgehead atoms. The van der Waals surface area contributed by atoms with Gasteiger partial charge >= 0.3 is 0 Å². The van der Waals surface area contributed by atoms with Gasteiger partial charge in [-0.2, -0.15) is 0 Å². The molecule has 0 fully saturated rings. The van der Waals surface area contributed by atoms with Crippen molar-refractivity contribution in [3.8, 4) is 0 Å². The van der Waals surface area contributed by atoms with Gasteiger partial charge < -0.3 is 9.84 Å². The fourth-order valence-electron chi connectivity index (χ4n) is 1.16. The molecule has 0 saturated carbocycles. The quantitative estimate of drug-likeness (QED) is 0.687. The van der Waals surface area contributed by atoms with Crippen molar-refractivity contribution in [2.24, 2.45) is 0 Å². The maximum Gasteiger partial charge on any atom is 0.147 e. The van der Waals surface area contributed by atoms with E-state index < -0.39 is 15.9 Å². The molecule has 0 aromatic rings. The predicted octanol–water partition coefficient (Wildman–Crippen LogP) is 0.597. The molecule has 0 aliphatic rings. The van der Waals surface area contributed by atoms with Crippen LogP contribution in [-0.4, -0.2) is 44.3 Å². The third-order valence-corrected chi connectivity index (χ3v) is 3.02. The summed E-state index contributed by atoms with van der Waals surface area (Å²) in [6.45, 7) is 4.21. The summed E-state index contributed by atoms with van der Waals surface area (Å²) < 4.78 is 26.8. The lowest BCUT2D eigenvalue weighted by Gasteiger charge is -2.18. The summed E-state index contributed by atoms with van der Waals surface area (Å²) in [4.78, 5) is 0. The van der Waals surface area contributed by atoms with Crippen molar-refractivity contribution in [2.45, 2.75) is 38.9 Å². The molecule has 0 heterocycles. The second kappa shape index (κ2) is 6.37. The minimum absolute atomic E-state index is 0.128. The van der Waals surface area contributed by atoms with E-state index in [1.807, 2.05) is 6.92 Å². The largest absolute Gasteiger partial charge is 0.390 e. The third-order valence-electron chi connectivity index (χ3n) is 1.99. The average Bonchev–Trinajstić information content (AvgIpc) is 2.02. The van der Waals surface area contributed by atoms with Crippen LogP contribution in [0.25, 0.3) is 0 Å². The van der Waals surface area contributed by atoms with E-state index in [1.165, 1.54) is 6.26 Å². The second-order valence-electron chi connectivity index (χ2n) is 3.50. The first-order valence-electron chi connectivity index (χ1n) is 4.84. The van der Waals surface area contributed by atoms with Gasteiger partial charge in [0.1, 0.15) is 9.84 Å². The fraction of sp³-hybridized carbons (Fsp3) is 1.00. The SMILES string of the molecule is CCOC(C)C(O)CCCS(C)(=O)=O. The van der Waals surface area contributed by atoms with Crippen molar-refractivity contribution in [3.63, 3.8) is 0 Å². The molecule has 0 spiro atoms. The minimum atomic E-state index is -2.91. The van der Waals surface area contributed by atoms with E-state index in [-0.39, 0.29) is 11.9 Å². The molecular weight excluding hydrogens is 204 g/mol. The van der Waals surface area contributed by atoms with E-state index >= 15 is 0 Å². The molecule has 14 heavy (non-hydrogen) atoms. The number of ether oxygens (including phenoxy) is 1. The number of hydrogen-bond donors (Lipinski definition) is 1. The molecule has 0 aliphatic carbocycles. The summed E-state index contributed by atoms with van der Waals surface area (Å²) >= 11 is 0. The summed E-state index contributed by atoms with van der Waals surface area (Å²) in [6.07, 6.45) is 1.35. The van der Waals surface area contributed by atoms with Crippen molar-refractivity contribution < 1.29 is 18.3 Å². The van der Waals surface area contributed by atoms with Gasteiger partial charge in [0, 0.05) is 18.6 Å². The van der Waals surface area contributed by atoms with E-state index in [9.17, 15) is 13.5 Å². The van der Waals surface area contributed by atoms with Gasteiger partial charge in [0.15, 0.2) is 0 Å². The van der Waals surface area contributed by atoms with Gasteiger partial charge in [-0.1, -0.05) is 0 Å². The molecule has 2 unspecified atom stereocenters. The summed E-state index contributed by atoms with van der Waals surface area (Å²) in [5, 5.41) is 9.53. The Morgan fingerprint density at radius 3 is 2.43 bits per heavy atom. The van der Waals surface area contributed by atoms with Gasteiger partial charge in [-0.3, -0.25) is 0 Å². The number of aliphatic hydroxyl groups is 1. The Hall–Kier alpha value is -0.130. The zero-order chi connectivity index (χ0) is 11.2. The molecule has 5 heteroatoms. The third kappa shape index (κ3) is 7.29. The topological polar surface area (TPSA) is 63.6 Å². The highest BCUT2D eigenvalue weighted by Gasteiger charge is 2.14. The van der Waals surface area contributed by atoms with E-state index in [1.54, 1.807) is 6.92 Å². The Balaban J connectivity index is 3.68. The van der Waals surface area contributed by atoms with Crippen LogP contribution < -0.4 is 0 Å². The van der Waals surface area contributed by atoms with Crippen LogP contribution in [0.15, 0.2) is 0 Å². The zero-order valence-corrected chi connectivity index (χ0v) is 9.88. The maximum atomic E-state index is 10.8. The Labute approximate surface area is 86.2 Å². The molecule has 86 valence electrons. The van der Waals surface area contributed by atoms with E-state index in [0.717, 1.165) is 0 Å². The highest BCUT2D eigenvalue weighted by atomic mass is 32.2. The van der Waals surface area contributed by atoms with Crippen molar-refractivity contribution >= 4 is 9.84 Å². The Morgan fingerprint density at radius 1 is 1.43 bits per heavy atom. The molecule has 0 amide bonds. The first kappa shape index (κ1) is 13.9. The molecule has 4 nitrogen and oxygen atoms in total. The fourth-order valence-corrected chi connectivity index (χ4v) is 1.85. The van der Waals surface area contributed by atoms with Crippen LogP contribution >= 0.6 is 0 Å². The highest BCUT2D eigenvalue weighted by molar-refractivity contribution is 7.90. The van der Waals surface area contributed by atoms with Gasteiger partial charge in [-0.15, -0.1) is 0 Å². The molecule has 0 aromatic carbocycles. The van der Waals surface area contributed by atoms with Crippen LogP contribution in [0.3, 0.4) is 0 Å². The van der Waals surface area contributed by atoms with E-state index in [2.05, 4.69) is 0 Å². The molecule has 2 atom stereocenters. The summed E-state index contributed by atoms with van der Waals surface area (Å²) in [5.41, 5.74) is 0. The zero-order valence-electron chi connectivity index (χ0n) is 9.06. The van der Waals surface area contributed by atoms with Gasteiger partial charge in [0.2, 0.25) is 0 Å². The molecule has 0 saturated heterocycles. The number of aliphatic hydroxyl groups excluding tert-OH is 1. The maximum absolute atomic E-state index is 10.8. The van der Waals surface area contributed by atoms with E-state index in [4.69, 9.17) is 4.74 Å². The molecule has 0 aliphatic heterocycles. The lowest BCUT2D eigenvalue weighted by molar-refractivity contribution is -0.0248. The van der Waals surface area contributed by atoms with Gasteiger partial charge in [0.25, 0.3) is 0 Å². The minimum Gasteiger partial charge on any atom is -0.390 e. The molecule has 0 radical (unpaired) electrons. The second-order valence-corrected chi connectivity index (χ2v) is 5.76. The first-order chi connectivity index (χ1) is 6.37. The van der Waals surface area contributed by atoms with Crippen LogP contribution in [0.5, 0.6) is 0 Å². The first-order valence-corrected chi connectivity index (χ1v) is 6.90. The number of hydrogen-bond acceptors (Lipinski definition) is 4. The summed E-state index contributed by atoms with van der Waals surface area (Å²) in [7, 11) is -2.91. The Bertz CT molecular complexity index is 235. The van der Waals surface area contributed by atoms with Crippen LogP contribution in [0.2, 0.25) is 0 Å². The van der Waals surface area contributed by atoms with Crippen LogP contribution in [0.1, 0.15) is 26.7 Å². The number of sulfone groups is 1. The van der Waals surface area contributed by atoms with Crippen molar-refractivity contribution in [3.05, 3.63) is 0 Å². The lowest BCUT2D eigenvalue weighted by Crippen LogP contribution is -2.26. The van der Waals surface area contributed by atoms with Crippen LogP contribution in [0, 0.1) is 0 Å². The normalized spacial score (nSPS) is 16.6. The highest BCUT2D eigenvalue weighted by Crippen LogP contribution is 2.06. The van der Waals surface area contributed by atoms with Crippen molar-refractivity contribution in [1.82, 2.24) is 0 Å². The predicted molar refractivity (Wildman–Crippen MR) is 56.0 cm³/mol. The molecule has 0 rings (SSSR count). The van der Waals surface area contributed by atoms with Crippen molar-refractivity contribution in [1.29, 1.82) is 0 Å². The smallest absolute Gasteiger partial charge is 0.147 e. The van der Waals surface area contributed by atoms with Crippen LogP contribution in [-0.2, 0) is 14.6 Å². The van der Waals surface area contributed by atoms with Crippen LogP contribution in [0.4, 0.5) is 0 Å². The van der Waals surface area contributed by atoms with Gasteiger partial charge in [-0.25, -0.2) is 8.42 Å². The van der Waals surface area contributed by atoms with E-state index in [0.29, 0.717) is 19.4 Å². The molecule has 0 aromatic heterocycles. The van der Waals surface area contributed by atoms with Gasteiger partial charge in [0.05, 0.1) is 12.2 Å². The Morgan fingerprint density at radius 2 is 2.00 bits per heavy atom. The summed E-state index contributed by atoms with van der Waals surface area (Å²) in [5.74, 6) is 0.128. The monoisotopic (exact) mass is 224 g/mol. The lowest BCUT2D eigenvalue weighted by atomic mass is 10.1. The van der Waals surface area contributed by atoms with Crippen molar-refractivity contribution in [2.75, 3.05) is 18.6 Å². The van der Waals surface area contributed by atoms with Gasteiger partial charge in [-0.05, 0) is 26.7 Å². The Kier molecular flexibility index (Phi) is 6.31. The molecular formula is C9H20O4S. The molecule has 1 N–H and O–H groups in total. The number of rotatable bonds is 7.